The highest BCUT2D eigenvalue weighted by atomic mass is 19.2. The van der Waals surface area contributed by atoms with Gasteiger partial charge in [-0.15, -0.1) is 0 Å². The molecular formula is C16H16F4O. The van der Waals surface area contributed by atoms with Gasteiger partial charge in [0.1, 0.15) is 0 Å². The first-order valence-corrected chi connectivity index (χ1v) is 6.73. The highest BCUT2D eigenvalue weighted by Gasteiger charge is 2.27. The van der Waals surface area contributed by atoms with E-state index in [2.05, 4.69) is 6.58 Å². The smallest absolute Gasteiger partial charge is 0.204 e. The Morgan fingerprint density at radius 2 is 1.67 bits per heavy atom. The van der Waals surface area contributed by atoms with Gasteiger partial charge < -0.3 is 4.74 Å². The van der Waals surface area contributed by atoms with E-state index in [-0.39, 0.29) is 18.4 Å². The van der Waals surface area contributed by atoms with Crippen LogP contribution in [0.25, 0.3) is 6.08 Å². The van der Waals surface area contributed by atoms with Crippen LogP contribution in [0.4, 0.5) is 17.6 Å². The molecule has 0 N–H and O–H groups in total. The lowest BCUT2D eigenvalue weighted by atomic mass is 9.85. The Morgan fingerprint density at radius 1 is 1.10 bits per heavy atom. The van der Waals surface area contributed by atoms with Crippen LogP contribution < -0.4 is 4.74 Å². The van der Waals surface area contributed by atoms with Crippen LogP contribution in [0, 0.1) is 35.1 Å². The van der Waals surface area contributed by atoms with Gasteiger partial charge in [0.05, 0.1) is 12.2 Å². The Balaban J connectivity index is 2.24. The van der Waals surface area contributed by atoms with Gasteiger partial charge >= 0.3 is 0 Å². The zero-order valence-corrected chi connectivity index (χ0v) is 11.6. The van der Waals surface area contributed by atoms with Crippen molar-refractivity contribution in [3.8, 4) is 5.75 Å². The summed E-state index contributed by atoms with van der Waals surface area (Å²) in [6.07, 6.45) is 6.27. The van der Waals surface area contributed by atoms with Crippen molar-refractivity contribution in [3.05, 3.63) is 47.6 Å². The standard InChI is InChI=1S/C16H16F4O/c1-3-11-12(17)14(19)16(15(20)13(11)18)21-8-10-7-5-4-6-9(10)2/h3-5,9-10H,1,6-8H2,2H3. The van der Waals surface area contributed by atoms with Crippen molar-refractivity contribution in [1.29, 1.82) is 0 Å². The van der Waals surface area contributed by atoms with E-state index in [0.29, 0.717) is 6.42 Å². The third-order valence-electron chi connectivity index (χ3n) is 3.82. The Labute approximate surface area is 120 Å². The number of halogens is 4. The monoisotopic (exact) mass is 300 g/mol. The van der Waals surface area contributed by atoms with E-state index in [1.807, 2.05) is 19.1 Å². The molecule has 1 aromatic rings. The van der Waals surface area contributed by atoms with Gasteiger partial charge in [-0.25, -0.2) is 8.78 Å². The molecule has 21 heavy (non-hydrogen) atoms. The average molecular weight is 300 g/mol. The Hall–Kier alpha value is -1.78. The zero-order chi connectivity index (χ0) is 15.6. The first kappa shape index (κ1) is 15.6. The normalized spacial score (nSPS) is 21.4. The van der Waals surface area contributed by atoms with Crippen molar-refractivity contribution < 1.29 is 22.3 Å². The van der Waals surface area contributed by atoms with Crippen LogP contribution in [0.2, 0.25) is 0 Å². The van der Waals surface area contributed by atoms with E-state index in [9.17, 15) is 17.6 Å². The molecule has 0 amide bonds. The summed E-state index contributed by atoms with van der Waals surface area (Å²) in [5.74, 6) is -6.70. The minimum Gasteiger partial charge on any atom is -0.487 e. The third kappa shape index (κ3) is 2.96. The highest BCUT2D eigenvalue weighted by molar-refractivity contribution is 5.51. The molecule has 1 aliphatic rings. The summed E-state index contributed by atoms with van der Waals surface area (Å²) >= 11 is 0. The van der Waals surface area contributed by atoms with Crippen molar-refractivity contribution in [1.82, 2.24) is 0 Å². The molecule has 2 unspecified atom stereocenters. The average Bonchev–Trinajstić information content (AvgIpc) is 2.47. The largest absolute Gasteiger partial charge is 0.487 e. The molecule has 1 nitrogen and oxygen atoms in total. The molecule has 0 fully saturated rings. The van der Waals surface area contributed by atoms with Gasteiger partial charge in [0.15, 0.2) is 17.4 Å². The number of allylic oxidation sites excluding steroid dienone is 2. The summed E-state index contributed by atoms with van der Waals surface area (Å²) in [6, 6.07) is 0. The first-order valence-electron chi connectivity index (χ1n) is 6.73. The SMILES string of the molecule is C=Cc1c(F)c(F)c(OCC2CC=CCC2C)c(F)c1F. The summed E-state index contributed by atoms with van der Waals surface area (Å²) in [6.45, 7) is 5.13. The van der Waals surface area contributed by atoms with E-state index < -0.39 is 34.6 Å². The lowest BCUT2D eigenvalue weighted by Gasteiger charge is -2.25. The van der Waals surface area contributed by atoms with Crippen LogP contribution in [-0.2, 0) is 0 Å². The van der Waals surface area contributed by atoms with E-state index in [0.717, 1.165) is 12.5 Å². The first-order chi connectivity index (χ1) is 9.97. The molecule has 2 atom stereocenters. The van der Waals surface area contributed by atoms with Crippen molar-refractivity contribution in [2.24, 2.45) is 11.8 Å². The van der Waals surface area contributed by atoms with Crippen molar-refractivity contribution in [2.45, 2.75) is 19.8 Å². The fourth-order valence-corrected chi connectivity index (χ4v) is 2.36. The maximum atomic E-state index is 13.8. The highest BCUT2D eigenvalue weighted by Crippen LogP contribution is 2.32. The number of hydrogen-bond acceptors (Lipinski definition) is 1. The molecular weight excluding hydrogens is 284 g/mol. The molecule has 0 spiro atoms. The van der Waals surface area contributed by atoms with Crippen LogP contribution in [-0.4, -0.2) is 6.61 Å². The summed E-state index contributed by atoms with van der Waals surface area (Å²) < 4.78 is 59.8. The fourth-order valence-electron chi connectivity index (χ4n) is 2.36. The topological polar surface area (TPSA) is 9.23 Å². The Morgan fingerprint density at radius 3 is 2.19 bits per heavy atom. The molecule has 0 saturated carbocycles. The van der Waals surface area contributed by atoms with Crippen molar-refractivity contribution in [3.63, 3.8) is 0 Å². The van der Waals surface area contributed by atoms with Gasteiger partial charge in [-0.1, -0.05) is 31.7 Å². The number of hydrogen-bond donors (Lipinski definition) is 0. The summed E-state index contributed by atoms with van der Waals surface area (Å²) in [5, 5.41) is 0. The maximum absolute atomic E-state index is 13.8. The van der Waals surface area contributed by atoms with Crippen LogP contribution in [0.5, 0.6) is 5.75 Å². The quantitative estimate of drug-likeness (QED) is 0.438. The van der Waals surface area contributed by atoms with Crippen LogP contribution in [0.15, 0.2) is 18.7 Å². The van der Waals surface area contributed by atoms with E-state index in [4.69, 9.17) is 4.74 Å². The number of rotatable bonds is 4. The predicted molar refractivity (Wildman–Crippen MR) is 72.9 cm³/mol. The van der Waals surface area contributed by atoms with Gasteiger partial charge in [0.2, 0.25) is 11.6 Å². The van der Waals surface area contributed by atoms with Crippen LogP contribution in [0.3, 0.4) is 0 Å². The summed E-state index contributed by atoms with van der Waals surface area (Å²) in [5.41, 5.74) is -0.827. The van der Waals surface area contributed by atoms with Gasteiger partial charge in [0.25, 0.3) is 0 Å². The molecule has 0 aliphatic heterocycles. The third-order valence-corrected chi connectivity index (χ3v) is 3.82. The van der Waals surface area contributed by atoms with Gasteiger partial charge in [-0.05, 0) is 24.7 Å². The Kier molecular flexibility index (Phi) is 4.70. The minimum absolute atomic E-state index is 0.00562. The molecule has 0 bridgehead atoms. The summed E-state index contributed by atoms with van der Waals surface area (Å²) in [4.78, 5) is 0. The van der Waals surface area contributed by atoms with Crippen molar-refractivity contribution in [2.75, 3.05) is 6.61 Å². The molecule has 5 heteroatoms. The molecule has 114 valence electrons. The molecule has 1 aliphatic carbocycles. The van der Waals surface area contributed by atoms with Gasteiger partial charge in [-0.2, -0.15) is 8.78 Å². The van der Waals surface area contributed by atoms with E-state index in [1.165, 1.54) is 0 Å². The molecule has 2 rings (SSSR count). The zero-order valence-electron chi connectivity index (χ0n) is 11.6. The Bertz CT molecular complexity index is 551. The maximum Gasteiger partial charge on any atom is 0.204 e. The number of benzene rings is 1. The second kappa shape index (κ2) is 6.33. The predicted octanol–water partition coefficient (Wildman–Crippen LogP) is 4.87. The molecule has 0 radical (unpaired) electrons. The molecule has 0 aromatic heterocycles. The van der Waals surface area contributed by atoms with Crippen LogP contribution >= 0.6 is 0 Å². The van der Waals surface area contributed by atoms with Gasteiger partial charge in [0, 0.05) is 0 Å². The van der Waals surface area contributed by atoms with Crippen LogP contribution in [0.1, 0.15) is 25.3 Å². The molecule has 1 aromatic carbocycles. The van der Waals surface area contributed by atoms with Crippen molar-refractivity contribution >= 4 is 6.08 Å². The lowest BCUT2D eigenvalue weighted by molar-refractivity contribution is 0.182. The molecule has 0 saturated heterocycles. The van der Waals surface area contributed by atoms with E-state index in [1.54, 1.807) is 0 Å². The summed E-state index contributed by atoms with van der Waals surface area (Å²) in [7, 11) is 0. The number of ether oxygens (including phenoxy) is 1. The van der Waals surface area contributed by atoms with Gasteiger partial charge in [-0.3, -0.25) is 0 Å². The second-order valence-electron chi connectivity index (χ2n) is 5.19. The minimum atomic E-state index is -1.53. The fraction of sp³-hybridized carbons (Fsp3) is 0.375. The molecule has 0 heterocycles. The van der Waals surface area contributed by atoms with E-state index >= 15 is 0 Å². The second-order valence-corrected chi connectivity index (χ2v) is 5.19. The lowest BCUT2D eigenvalue weighted by Crippen LogP contribution is -2.22.